The Kier molecular flexibility index (Phi) is 6.37. The van der Waals surface area contributed by atoms with Gasteiger partial charge in [0.15, 0.2) is 0 Å². The van der Waals surface area contributed by atoms with E-state index in [-0.39, 0.29) is 21.2 Å². The second-order valence-corrected chi connectivity index (χ2v) is 10.9. The van der Waals surface area contributed by atoms with Crippen LogP contribution >= 0.6 is 11.6 Å². The highest BCUT2D eigenvalue weighted by Gasteiger charge is 2.27. The third kappa shape index (κ3) is 4.59. The molecular formula is C18H20ClN3O6S2. The fourth-order valence-corrected chi connectivity index (χ4v) is 6.11. The van der Waals surface area contributed by atoms with E-state index in [1.54, 1.807) is 0 Å². The molecule has 0 aromatic heterocycles. The molecule has 0 unspecified atom stereocenters. The Hall–Kier alpha value is -2.21. The van der Waals surface area contributed by atoms with Crippen LogP contribution in [0.2, 0.25) is 5.02 Å². The zero-order valence-electron chi connectivity index (χ0n) is 16.0. The van der Waals surface area contributed by atoms with Gasteiger partial charge in [-0.3, -0.25) is 14.8 Å². The number of hydrogen-bond acceptors (Lipinski definition) is 6. The van der Waals surface area contributed by atoms with Gasteiger partial charge in [0.2, 0.25) is 10.0 Å². The summed E-state index contributed by atoms with van der Waals surface area (Å²) < 4.78 is 54.8. The number of nitro groups is 1. The summed E-state index contributed by atoms with van der Waals surface area (Å²) in [6, 6.07) is 7.48. The van der Waals surface area contributed by atoms with Gasteiger partial charge in [0.25, 0.3) is 15.7 Å². The average Bonchev–Trinajstić information content (AvgIpc) is 2.70. The van der Waals surface area contributed by atoms with E-state index in [2.05, 4.69) is 4.72 Å². The summed E-state index contributed by atoms with van der Waals surface area (Å²) in [5.41, 5.74) is -0.257. The van der Waals surface area contributed by atoms with Gasteiger partial charge in [-0.25, -0.2) is 16.8 Å². The predicted octanol–water partition coefficient (Wildman–Crippen LogP) is 3.53. The van der Waals surface area contributed by atoms with Crippen LogP contribution in [-0.2, 0) is 20.0 Å². The van der Waals surface area contributed by atoms with Crippen LogP contribution in [0.3, 0.4) is 0 Å². The van der Waals surface area contributed by atoms with Crippen LogP contribution in [0.15, 0.2) is 46.2 Å². The number of nitro benzene ring substituents is 1. The van der Waals surface area contributed by atoms with Crippen molar-refractivity contribution >= 4 is 43.0 Å². The number of nitrogens with one attached hydrogen (secondary N) is 1. The van der Waals surface area contributed by atoms with Gasteiger partial charge in [-0.05, 0) is 44.0 Å². The molecule has 162 valence electrons. The van der Waals surface area contributed by atoms with E-state index in [1.807, 2.05) is 0 Å². The van der Waals surface area contributed by atoms with Gasteiger partial charge in [-0.1, -0.05) is 24.1 Å². The van der Waals surface area contributed by atoms with E-state index >= 15 is 0 Å². The lowest BCUT2D eigenvalue weighted by Gasteiger charge is -2.26. The molecule has 0 amide bonds. The first-order valence-electron chi connectivity index (χ1n) is 9.10. The zero-order valence-corrected chi connectivity index (χ0v) is 18.4. The Balaban J connectivity index is 1.93. The lowest BCUT2D eigenvalue weighted by atomic mass is 10.2. The predicted molar refractivity (Wildman–Crippen MR) is 113 cm³/mol. The van der Waals surface area contributed by atoms with Crippen molar-refractivity contribution in [1.82, 2.24) is 4.31 Å². The van der Waals surface area contributed by atoms with Gasteiger partial charge in [0.1, 0.15) is 0 Å². The quantitative estimate of drug-likeness (QED) is 0.505. The van der Waals surface area contributed by atoms with Crippen LogP contribution in [0.25, 0.3) is 0 Å². The zero-order chi connectivity index (χ0) is 22.1. The molecule has 0 radical (unpaired) electrons. The molecule has 12 heteroatoms. The lowest BCUT2D eigenvalue weighted by molar-refractivity contribution is -0.385. The van der Waals surface area contributed by atoms with Gasteiger partial charge in [0.05, 0.1) is 25.4 Å². The second-order valence-electron chi connectivity index (χ2n) is 6.90. The third-order valence-electron chi connectivity index (χ3n) is 4.84. The molecule has 1 heterocycles. The number of benzene rings is 2. The second kappa shape index (κ2) is 8.50. The van der Waals surface area contributed by atoms with Crippen LogP contribution in [-0.4, -0.2) is 39.2 Å². The minimum atomic E-state index is -4.24. The highest BCUT2D eigenvalue weighted by Crippen LogP contribution is 2.31. The Morgan fingerprint density at radius 3 is 2.33 bits per heavy atom. The van der Waals surface area contributed by atoms with Crippen molar-refractivity contribution in [3.05, 3.63) is 57.1 Å². The summed E-state index contributed by atoms with van der Waals surface area (Å²) in [7, 11) is -7.99. The maximum Gasteiger partial charge on any atom is 0.275 e. The third-order valence-corrected chi connectivity index (χ3v) is 8.48. The van der Waals surface area contributed by atoms with Crippen molar-refractivity contribution in [3.8, 4) is 0 Å². The van der Waals surface area contributed by atoms with Crippen molar-refractivity contribution < 1.29 is 21.8 Å². The number of nitrogens with zero attached hydrogens (tertiary/aromatic N) is 2. The molecule has 1 N–H and O–H groups in total. The van der Waals surface area contributed by atoms with Gasteiger partial charge in [-0.2, -0.15) is 4.31 Å². The van der Waals surface area contributed by atoms with Crippen molar-refractivity contribution in [2.45, 2.75) is 36.0 Å². The van der Waals surface area contributed by atoms with Crippen molar-refractivity contribution in [2.24, 2.45) is 0 Å². The van der Waals surface area contributed by atoms with E-state index < -0.39 is 35.6 Å². The topological polar surface area (TPSA) is 127 Å². The molecule has 9 nitrogen and oxygen atoms in total. The number of anilines is 1. The molecule has 0 spiro atoms. The molecule has 30 heavy (non-hydrogen) atoms. The fraction of sp³-hybridized carbons (Fsp3) is 0.333. The first kappa shape index (κ1) is 22.5. The smallest absolute Gasteiger partial charge is 0.275 e. The molecule has 2 aromatic carbocycles. The first-order valence-corrected chi connectivity index (χ1v) is 12.4. The van der Waals surface area contributed by atoms with E-state index in [9.17, 15) is 26.9 Å². The normalized spacial score (nSPS) is 15.7. The summed E-state index contributed by atoms with van der Waals surface area (Å²) >= 11 is 5.96. The number of hydrogen-bond donors (Lipinski definition) is 1. The van der Waals surface area contributed by atoms with Crippen molar-refractivity contribution in [2.75, 3.05) is 17.8 Å². The molecular weight excluding hydrogens is 454 g/mol. The fourth-order valence-electron chi connectivity index (χ4n) is 3.17. The van der Waals surface area contributed by atoms with Gasteiger partial charge in [-0.15, -0.1) is 0 Å². The first-order chi connectivity index (χ1) is 14.0. The number of rotatable bonds is 6. The Morgan fingerprint density at radius 1 is 1.03 bits per heavy atom. The SMILES string of the molecule is Cc1c(Cl)cc(S(=O)(=O)Nc2cccc(S(=O)(=O)N3CCCCC3)c2)cc1[N+](=O)[O-]. The molecule has 1 aliphatic heterocycles. The van der Waals surface area contributed by atoms with Crippen LogP contribution in [0.1, 0.15) is 24.8 Å². The maximum absolute atomic E-state index is 12.8. The van der Waals surface area contributed by atoms with Crippen LogP contribution < -0.4 is 4.72 Å². The molecule has 1 aliphatic rings. The van der Waals surface area contributed by atoms with Gasteiger partial charge >= 0.3 is 0 Å². The number of piperidine rings is 1. The number of halogens is 1. The van der Waals surface area contributed by atoms with E-state index in [0.29, 0.717) is 13.1 Å². The molecule has 0 aliphatic carbocycles. The molecule has 1 fully saturated rings. The molecule has 0 saturated carbocycles. The minimum absolute atomic E-state index is 0.0208. The largest absolute Gasteiger partial charge is 0.280 e. The summed E-state index contributed by atoms with van der Waals surface area (Å²) in [5.74, 6) is 0. The van der Waals surface area contributed by atoms with Crippen molar-refractivity contribution in [3.63, 3.8) is 0 Å². The number of sulfonamides is 2. The van der Waals surface area contributed by atoms with E-state index in [4.69, 9.17) is 11.6 Å². The molecule has 2 aromatic rings. The highest BCUT2D eigenvalue weighted by molar-refractivity contribution is 7.92. The summed E-state index contributed by atoms with van der Waals surface area (Å²) in [5, 5.41) is 11.1. The van der Waals surface area contributed by atoms with E-state index in [0.717, 1.165) is 31.4 Å². The van der Waals surface area contributed by atoms with Crippen LogP contribution in [0.5, 0.6) is 0 Å². The summed E-state index contributed by atoms with van der Waals surface area (Å²) in [6.07, 6.45) is 2.52. The van der Waals surface area contributed by atoms with E-state index in [1.165, 1.54) is 35.5 Å². The Morgan fingerprint density at radius 2 is 1.70 bits per heavy atom. The molecule has 0 atom stereocenters. The average molecular weight is 474 g/mol. The van der Waals surface area contributed by atoms with Crippen LogP contribution in [0, 0.1) is 17.0 Å². The lowest BCUT2D eigenvalue weighted by Crippen LogP contribution is -2.35. The summed E-state index contributed by atoms with van der Waals surface area (Å²) in [4.78, 5) is 10.0. The monoisotopic (exact) mass is 473 g/mol. The molecule has 1 saturated heterocycles. The highest BCUT2D eigenvalue weighted by atomic mass is 35.5. The Bertz CT molecular complexity index is 1190. The van der Waals surface area contributed by atoms with Gasteiger partial charge in [0, 0.05) is 24.7 Å². The molecule has 0 bridgehead atoms. The minimum Gasteiger partial charge on any atom is -0.280 e. The standard InChI is InChI=1S/C18H20ClN3O6S2/c1-13-17(19)11-16(12-18(13)22(23)24)29(25,26)20-14-6-5-7-15(10-14)30(27,28)21-8-3-2-4-9-21/h5-7,10-12,20H,2-4,8-9H2,1H3. The van der Waals surface area contributed by atoms with Crippen LogP contribution in [0.4, 0.5) is 11.4 Å². The van der Waals surface area contributed by atoms with Crippen molar-refractivity contribution in [1.29, 1.82) is 0 Å². The summed E-state index contributed by atoms with van der Waals surface area (Å²) in [6.45, 7) is 2.26. The Labute approximate surface area is 179 Å². The van der Waals surface area contributed by atoms with Gasteiger partial charge < -0.3 is 0 Å². The maximum atomic E-state index is 12.8. The molecule has 3 rings (SSSR count).